The molecule has 124 valence electrons. The molecule has 6 heteroatoms. The summed E-state index contributed by atoms with van der Waals surface area (Å²) in [7, 11) is 0. The van der Waals surface area contributed by atoms with E-state index in [9.17, 15) is 4.79 Å². The van der Waals surface area contributed by atoms with Crippen molar-refractivity contribution >= 4 is 28.8 Å². The Morgan fingerprint density at radius 2 is 2.00 bits per heavy atom. The van der Waals surface area contributed by atoms with Crippen LogP contribution in [-0.4, -0.2) is 16.9 Å². The number of hydrogen-bond donors (Lipinski definition) is 2. The maximum atomic E-state index is 11.9. The van der Waals surface area contributed by atoms with Crippen molar-refractivity contribution in [2.75, 3.05) is 0 Å². The standard InChI is InChI=1S/C17H22ClN3OS/c1-10(19)4-9-15(22)20-11(2)17-21-16(12(3)23-17)13-5-7-14(18)8-6-13/h5-8,10-11H,4,9,19H2,1-3H3,(H,20,22). The van der Waals surface area contributed by atoms with Crippen LogP contribution in [0.1, 0.15) is 42.6 Å². The average molecular weight is 352 g/mol. The number of benzene rings is 1. The fourth-order valence-corrected chi connectivity index (χ4v) is 3.28. The molecule has 0 aliphatic carbocycles. The zero-order chi connectivity index (χ0) is 17.0. The Kier molecular flexibility index (Phi) is 6.16. The van der Waals surface area contributed by atoms with E-state index in [-0.39, 0.29) is 18.0 Å². The molecule has 3 N–H and O–H groups in total. The first-order valence-electron chi connectivity index (χ1n) is 7.65. The Morgan fingerprint density at radius 3 is 2.61 bits per heavy atom. The predicted molar refractivity (Wildman–Crippen MR) is 96.7 cm³/mol. The van der Waals surface area contributed by atoms with Gasteiger partial charge in [-0.2, -0.15) is 0 Å². The fraction of sp³-hybridized carbons (Fsp3) is 0.412. The molecule has 0 saturated heterocycles. The van der Waals surface area contributed by atoms with Gasteiger partial charge in [0, 0.05) is 27.9 Å². The number of rotatable bonds is 6. The van der Waals surface area contributed by atoms with Crippen LogP contribution >= 0.6 is 22.9 Å². The molecule has 0 radical (unpaired) electrons. The van der Waals surface area contributed by atoms with Gasteiger partial charge in [0.25, 0.3) is 0 Å². The van der Waals surface area contributed by atoms with E-state index in [4.69, 9.17) is 22.3 Å². The zero-order valence-corrected chi connectivity index (χ0v) is 15.2. The van der Waals surface area contributed by atoms with E-state index >= 15 is 0 Å². The lowest BCUT2D eigenvalue weighted by atomic mass is 10.1. The number of aromatic nitrogens is 1. The van der Waals surface area contributed by atoms with Crippen molar-refractivity contribution in [1.29, 1.82) is 0 Å². The number of carbonyl (C=O) groups is 1. The van der Waals surface area contributed by atoms with Crippen molar-refractivity contribution in [1.82, 2.24) is 10.3 Å². The van der Waals surface area contributed by atoms with Crippen LogP contribution in [-0.2, 0) is 4.79 Å². The molecule has 1 amide bonds. The predicted octanol–water partition coefficient (Wildman–Crippen LogP) is 4.08. The van der Waals surface area contributed by atoms with Crippen LogP contribution in [0.25, 0.3) is 11.3 Å². The van der Waals surface area contributed by atoms with E-state index in [1.165, 1.54) is 0 Å². The highest BCUT2D eigenvalue weighted by Crippen LogP contribution is 2.31. The number of nitrogens with zero attached hydrogens (tertiary/aromatic N) is 1. The fourth-order valence-electron chi connectivity index (χ4n) is 2.21. The monoisotopic (exact) mass is 351 g/mol. The Balaban J connectivity index is 2.07. The molecule has 0 saturated carbocycles. The first-order chi connectivity index (χ1) is 10.9. The van der Waals surface area contributed by atoms with Crippen LogP contribution in [0.4, 0.5) is 0 Å². The summed E-state index contributed by atoms with van der Waals surface area (Å²) in [6, 6.07) is 7.55. The summed E-state index contributed by atoms with van der Waals surface area (Å²) in [4.78, 5) is 17.7. The molecule has 0 aliphatic rings. The van der Waals surface area contributed by atoms with Gasteiger partial charge in [-0.05, 0) is 39.3 Å². The SMILES string of the molecule is Cc1sc(C(C)NC(=O)CCC(C)N)nc1-c1ccc(Cl)cc1. The summed E-state index contributed by atoms with van der Waals surface area (Å²) in [6.07, 6.45) is 1.13. The number of carbonyl (C=O) groups excluding carboxylic acids is 1. The molecule has 4 nitrogen and oxygen atoms in total. The van der Waals surface area contributed by atoms with E-state index in [1.807, 2.05) is 45.0 Å². The van der Waals surface area contributed by atoms with Crippen molar-refractivity contribution in [3.63, 3.8) is 0 Å². The van der Waals surface area contributed by atoms with Gasteiger partial charge in [0.2, 0.25) is 5.91 Å². The van der Waals surface area contributed by atoms with Crippen molar-refractivity contribution in [2.24, 2.45) is 5.73 Å². The number of thiazole rings is 1. The van der Waals surface area contributed by atoms with Gasteiger partial charge < -0.3 is 11.1 Å². The topological polar surface area (TPSA) is 68.0 Å². The maximum Gasteiger partial charge on any atom is 0.220 e. The van der Waals surface area contributed by atoms with Gasteiger partial charge in [-0.15, -0.1) is 11.3 Å². The number of amides is 1. The molecule has 1 heterocycles. The zero-order valence-electron chi connectivity index (χ0n) is 13.6. The number of nitrogens with one attached hydrogen (secondary N) is 1. The minimum Gasteiger partial charge on any atom is -0.347 e. The molecular formula is C17H22ClN3OS. The molecule has 2 rings (SSSR count). The minimum absolute atomic E-state index is 0.00990. The van der Waals surface area contributed by atoms with Gasteiger partial charge in [-0.3, -0.25) is 4.79 Å². The summed E-state index contributed by atoms with van der Waals surface area (Å²) in [5.74, 6) is 0.00990. The van der Waals surface area contributed by atoms with Crippen LogP contribution in [0.3, 0.4) is 0 Å². The number of aryl methyl sites for hydroxylation is 1. The Hall–Kier alpha value is -1.43. The lowest BCUT2D eigenvalue weighted by Gasteiger charge is -2.12. The first kappa shape index (κ1) is 17.9. The lowest BCUT2D eigenvalue weighted by molar-refractivity contribution is -0.121. The molecular weight excluding hydrogens is 330 g/mol. The molecule has 23 heavy (non-hydrogen) atoms. The summed E-state index contributed by atoms with van der Waals surface area (Å²) >= 11 is 7.53. The summed E-state index contributed by atoms with van der Waals surface area (Å²) < 4.78 is 0. The maximum absolute atomic E-state index is 11.9. The van der Waals surface area contributed by atoms with Crippen LogP contribution < -0.4 is 11.1 Å². The number of halogens is 1. The number of hydrogen-bond acceptors (Lipinski definition) is 4. The molecule has 0 aliphatic heterocycles. The third kappa shape index (κ3) is 5.03. The third-order valence-electron chi connectivity index (χ3n) is 3.51. The second-order valence-electron chi connectivity index (χ2n) is 5.77. The highest BCUT2D eigenvalue weighted by atomic mass is 35.5. The molecule has 0 fully saturated rings. The van der Waals surface area contributed by atoms with E-state index in [0.717, 1.165) is 21.1 Å². The Morgan fingerprint density at radius 1 is 1.35 bits per heavy atom. The van der Waals surface area contributed by atoms with Gasteiger partial charge >= 0.3 is 0 Å². The highest BCUT2D eigenvalue weighted by molar-refractivity contribution is 7.12. The van der Waals surface area contributed by atoms with Crippen LogP contribution in [0.5, 0.6) is 0 Å². The Labute approximate surface area is 146 Å². The first-order valence-corrected chi connectivity index (χ1v) is 8.84. The van der Waals surface area contributed by atoms with E-state index in [0.29, 0.717) is 17.9 Å². The largest absolute Gasteiger partial charge is 0.347 e. The molecule has 2 atom stereocenters. The van der Waals surface area contributed by atoms with Crippen LogP contribution in [0.2, 0.25) is 5.02 Å². The van der Waals surface area contributed by atoms with Crippen LogP contribution in [0.15, 0.2) is 24.3 Å². The minimum atomic E-state index is -0.111. The van der Waals surface area contributed by atoms with E-state index < -0.39 is 0 Å². The normalized spacial score (nSPS) is 13.6. The van der Waals surface area contributed by atoms with Gasteiger partial charge in [0.1, 0.15) is 5.01 Å². The van der Waals surface area contributed by atoms with Gasteiger partial charge in [0.15, 0.2) is 0 Å². The summed E-state index contributed by atoms with van der Waals surface area (Å²) in [5.41, 5.74) is 7.66. The second-order valence-corrected chi connectivity index (χ2v) is 7.44. The van der Waals surface area contributed by atoms with Gasteiger partial charge in [-0.1, -0.05) is 23.7 Å². The Bertz CT molecular complexity index is 667. The summed E-state index contributed by atoms with van der Waals surface area (Å²) in [6.45, 7) is 5.89. The van der Waals surface area contributed by atoms with Gasteiger partial charge in [0.05, 0.1) is 11.7 Å². The molecule has 1 aromatic heterocycles. The second kappa shape index (κ2) is 7.90. The lowest BCUT2D eigenvalue weighted by Crippen LogP contribution is -2.28. The third-order valence-corrected chi connectivity index (χ3v) is 4.91. The molecule has 2 aromatic rings. The van der Waals surface area contributed by atoms with E-state index in [2.05, 4.69) is 5.32 Å². The molecule has 0 bridgehead atoms. The van der Waals surface area contributed by atoms with Crippen molar-refractivity contribution in [3.8, 4) is 11.3 Å². The van der Waals surface area contributed by atoms with Crippen molar-refractivity contribution < 1.29 is 4.79 Å². The molecule has 2 unspecified atom stereocenters. The van der Waals surface area contributed by atoms with Crippen LogP contribution in [0, 0.1) is 6.92 Å². The van der Waals surface area contributed by atoms with E-state index in [1.54, 1.807) is 11.3 Å². The smallest absolute Gasteiger partial charge is 0.220 e. The molecule has 1 aromatic carbocycles. The van der Waals surface area contributed by atoms with Crippen molar-refractivity contribution in [2.45, 2.75) is 45.7 Å². The average Bonchev–Trinajstić information content (AvgIpc) is 2.88. The molecule has 0 spiro atoms. The summed E-state index contributed by atoms with van der Waals surface area (Å²) in [5, 5.41) is 4.59. The van der Waals surface area contributed by atoms with Gasteiger partial charge in [-0.25, -0.2) is 4.98 Å². The highest BCUT2D eigenvalue weighted by Gasteiger charge is 2.16. The quantitative estimate of drug-likeness (QED) is 0.824. The van der Waals surface area contributed by atoms with Crippen molar-refractivity contribution in [3.05, 3.63) is 39.2 Å². The number of nitrogens with two attached hydrogens (primary N) is 1.